The largest absolute Gasteiger partial charge is 0.425 e. The normalized spacial score (nSPS) is 16.2. The fourth-order valence-electron chi connectivity index (χ4n) is 2.58. The number of hydrogen-bond donors (Lipinski definition) is 1. The second kappa shape index (κ2) is 8.05. The topological polar surface area (TPSA) is 75.7 Å². The molecule has 0 aliphatic carbocycles. The first kappa shape index (κ1) is 18.0. The summed E-state index contributed by atoms with van der Waals surface area (Å²) in [5, 5.41) is 2.64. The lowest BCUT2D eigenvalue weighted by molar-refractivity contribution is -0.138. The molecule has 0 unspecified atom stereocenters. The van der Waals surface area contributed by atoms with Crippen LogP contribution in [0.15, 0.2) is 54.6 Å². The van der Waals surface area contributed by atoms with Gasteiger partial charge >= 0.3 is 5.97 Å². The van der Waals surface area contributed by atoms with Crippen LogP contribution in [0.1, 0.15) is 17.3 Å². The van der Waals surface area contributed by atoms with Gasteiger partial charge in [-0.15, -0.1) is 11.8 Å². The van der Waals surface area contributed by atoms with E-state index < -0.39 is 12.0 Å². The van der Waals surface area contributed by atoms with Gasteiger partial charge in [-0.2, -0.15) is 0 Å². The molecule has 2 aromatic carbocycles. The predicted molar refractivity (Wildman–Crippen MR) is 100 cm³/mol. The average molecular weight is 370 g/mol. The average Bonchev–Trinajstić information content (AvgIpc) is 3.13. The maximum atomic E-state index is 12.6. The van der Waals surface area contributed by atoms with Crippen molar-refractivity contribution in [2.24, 2.45) is 0 Å². The molecule has 1 N–H and O–H groups in total. The van der Waals surface area contributed by atoms with Gasteiger partial charge in [0.05, 0.1) is 5.88 Å². The minimum Gasteiger partial charge on any atom is -0.425 e. The van der Waals surface area contributed by atoms with Crippen molar-refractivity contribution in [3.05, 3.63) is 60.2 Å². The molecule has 1 fully saturated rings. The zero-order chi connectivity index (χ0) is 18.5. The van der Waals surface area contributed by atoms with Gasteiger partial charge in [-0.3, -0.25) is 9.59 Å². The summed E-state index contributed by atoms with van der Waals surface area (Å²) in [5.41, 5.74) is 1.17. The van der Waals surface area contributed by atoms with E-state index in [4.69, 9.17) is 4.74 Å². The Bertz CT molecular complexity index is 808. The lowest BCUT2D eigenvalue weighted by atomic mass is 10.2. The third-order valence-corrected chi connectivity index (χ3v) is 4.84. The molecule has 0 bridgehead atoms. The van der Waals surface area contributed by atoms with E-state index in [-0.39, 0.29) is 11.8 Å². The smallest absolute Gasteiger partial charge is 0.335 e. The van der Waals surface area contributed by atoms with Crippen LogP contribution in [-0.4, -0.2) is 40.4 Å². The maximum absolute atomic E-state index is 12.6. The van der Waals surface area contributed by atoms with Crippen LogP contribution >= 0.6 is 11.8 Å². The van der Waals surface area contributed by atoms with Crippen LogP contribution in [0.4, 0.5) is 5.69 Å². The Kier molecular flexibility index (Phi) is 5.58. The quantitative estimate of drug-likeness (QED) is 0.662. The van der Waals surface area contributed by atoms with Crippen molar-refractivity contribution >= 4 is 35.2 Å². The standard InChI is InChI=1S/C19H18N2O4S/c1-13(22)20-15-7-9-16(10-8-15)25-19(24)17-11-26-12-21(17)18(23)14-5-3-2-4-6-14/h2-10,17H,11-12H2,1H3,(H,20,22)/t17-/m1/s1. The number of carbonyl (C=O) groups excluding carboxylic acids is 3. The molecule has 1 saturated heterocycles. The van der Waals surface area contributed by atoms with Gasteiger partial charge in [-0.25, -0.2) is 4.79 Å². The SMILES string of the molecule is CC(=O)Nc1ccc(OC(=O)[C@H]2CSCN2C(=O)c2ccccc2)cc1. The third-order valence-electron chi connectivity index (χ3n) is 3.83. The second-order valence-corrected chi connectivity index (χ2v) is 6.78. The van der Waals surface area contributed by atoms with Gasteiger partial charge in [-0.05, 0) is 36.4 Å². The summed E-state index contributed by atoms with van der Waals surface area (Å²) in [5.74, 6) is 0.502. The van der Waals surface area contributed by atoms with Crippen molar-refractivity contribution in [1.29, 1.82) is 0 Å². The van der Waals surface area contributed by atoms with Crippen LogP contribution < -0.4 is 10.1 Å². The summed E-state index contributed by atoms with van der Waals surface area (Å²) in [6.45, 7) is 1.42. The molecular weight excluding hydrogens is 352 g/mol. The Balaban J connectivity index is 1.67. The molecule has 134 valence electrons. The molecular formula is C19H18N2O4S. The van der Waals surface area contributed by atoms with E-state index in [1.807, 2.05) is 6.07 Å². The van der Waals surface area contributed by atoms with Gasteiger partial charge in [0, 0.05) is 23.9 Å². The molecule has 7 heteroatoms. The number of anilines is 1. The van der Waals surface area contributed by atoms with E-state index in [1.54, 1.807) is 48.5 Å². The van der Waals surface area contributed by atoms with E-state index >= 15 is 0 Å². The Labute approximate surface area is 155 Å². The lowest BCUT2D eigenvalue weighted by Gasteiger charge is -2.22. The highest BCUT2D eigenvalue weighted by Crippen LogP contribution is 2.25. The molecule has 3 rings (SSSR count). The van der Waals surface area contributed by atoms with Crippen LogP contribution in [0.5, 0.6) is 5.75 Å². The highest BCUT2D eigenvalue weighted by molar-refractivity contribution is 7.99. The van der Waals surface area contributed by atoms with Crippen LogP contribution in [0.3, 0.4) is 0 Å². The minimum atomic E-state index is -0.622. The number of amides is 2. The first-order valence-corrected chi connectivity index (χ1v) is 9.23. The highest BCUT2D eigenvalue weighted by atomic mass is 32.2. The molecule has 1 aliphatic rings. The minimum absolute atomic E-state index is 0.173. The molecule has 0 aromatic heterocycles. The summed E-state index contributed by atoms with van der Waals surface area (Å²) >= 11 is 1.52. The Morgan fingerprint density at radius 2 is 1.77 bits per heavy atom. The van der Waals surface area contributed by atoms with E-state index in [9.17, 15) is 14.4 Å². The first-order valence-electron chi connectivity index (χ1n) is 8.07. The van der Waals surface area contributed by atoms with Crippen LogP contribution in [-0.2, 0) is 9.59 Å². The number of rotatable bonds is 4. The van der Waals surface area contributed by atoms with E-state index in [1.165, 1.54) is 23.6 Å². The van der Waals surface area contributed by atoms with Gasteiger partial charge < -0.3 is 15.0 Å². The molecule has 0 spiro atoms. The second-order valence-electron chi connectivity index (χ2n) is 5.78. The van der Waals surface area contributed by atoms with Crippen molar-refractivity contribution in [3.63, 3.8) is 0 Å². The van der Waals surface area contributed by atoms with Gasteiger partial charge in [0.15, 0.2) is 0 Å². The highest BCUT2D eigenvalue weighted by Gasteiger charge is 2.36. The molecule has 1 heterocycles. The van der Waals surface area contributed by atoms with Gasteiger partial charge in [-0.1, -0.05) is 18.2 Å². The van der Waals surface area contributed by atoms with Crippen LogP contribution in [0, 0.1) is 0 Å². The Hall–Kier alpha value is -2.80. The van der Waals surface area contributed by atoms with E-state index in [0.717, 1.165) is 0 Å². The number of carbonyl (C=O) groups is 3. The van der Waals surface area contributed by atoms with Crippen molar-refractivity contribution in [3.8, 4) is 5.75 Å². The number of ether oxygens (including phenoxy) is 1. The first-order chi connectivity index (χ1) is 12.5. The van der Waals surface area contributed by atoms with Gasteiger partial charge in [0.1, 0.15) is 11.8 Å². The van der Waals surface area contributed by atoms with Gasteiger partial charge in [0.25, 0.3) is 5.91 Å². The van der Waals surface area contributed by atoms with Gasteiger partial charge in [0.2, 0.25) is 5.91 Å². The Morgan fingerprint density at radius 3 is 2.42 bits per heavy atom. The maximum Gasteiger partial charge on any atom is 0.335 e. The summed E-state index contributed by atoms with van der Waals surface area (Å²) in [6.07, 6.45) is 0. The molecule has 2 amide bonds. The fraction of sp³-hybridized carbons (Fsp3) is 0.211. The number of benzene rings is 2. The molecule has 1 aliphatic heterocycles. The monoisotopic (exact) mass is 370 g/mol. The summed E-state index contributed by atoms with van der Waals surface area (Å²) < 4.78 is 5.42. The lowest BCUT2D eigenvalue weighted by Crippen LogP contribution is -2.43. The number of hydrogen-bond acceptors (Lipinski definition) is 5. The zero-order valence-corrected chi connectivity index (χ0v) is 15.0. The molecule has 26 heavy (non-hydrogen) atoms. The molecule has 2 aromatic rings. The van der Waals surface area contributed by atoms with Crippen molar-refractivity contribution in [2.45, 2.75) is 13.0 Å². The summed E-state index contributed by atoms with van der Waals surface area (Å²) in [6, 6.07) is 14.8. The van der Waals surface area contributed by atoms with Crippen molar-refractivity contribution < 1.29 is 19.1 Å². The number of thioether (sulfide) groups is 1. The van der Waals surface area contributed by atoms with Crippen molar-refractivity contribution in [1.82, 2.24) is 4.90 Å². The predicted octanol–water partition coefficient (Wildman–Crippen LogP) is 2.77. The summed E-state index contributed by atoms with van der Waals surface area (Å²) in [7, 11) is 0. The fourth-order valence-corrected chi connectivity index (χ4v) is 3.72. The molecule has 0 radical (unpaired) electrons. The van der Waals surface area contributed by atoms with E-state index in [0.29, 0.717) is 28.6 Å². The molecule has 1 atom stereocenters. The van der Waals surface area contributed by atoms with Crippen molar-refractivity contribution in [2.75, 3.05) is 16.9 Å². The van der Waals surface area contributed by atoms with Crippen LogP contribution in [0.2, 0.25) is 0 Å². The molecule has 6 nitrogen and oxygen atoms in total. The third kappa shape index (κ3) is 4.23. The summed E-state index contributed by atoms with van der Waals surface area (Å²) in [4.78, 5) is 37.7. The molecule has 0 saturated carbocycles. The zero-order valence-electron chi connectivity index (χ0n) is 14.2. The number of nitrogens with one attached hydrogen (secondary N) is 1. The number of esters is 1. The number of nitrogens with zero attached hydrogens (tertiary/aromatic N) is 1. The Morgan fingerprint density at radius 1 is 1.08 bits per heavy atom. The van der Waals surface area contributed by atoms with E-state index in [2.05, 4.69) is 5.32 Å². The van der Waals surface area contributed by atoms with Crippen LogP contribution in [0.25, 0.3) is 0 Å².